The maximum absolute atomic E-state index is 13.6. The van der Waals surface area contributed by atoms with Gasteiger partial charge >= 0.3 is 0 Å². The number of halogens is 2. The molecular formula is C22H32F2. The van der Waals surface area contributed by atoms with E-state index >= 15 is 0 Å². The fourth-order valence-corrected chi connectivity index (χ4v) is 4.52. The second-order valence-electron chi connectivity index (χ2n) is 7.71. The zero-order chi connectivity index (χ0) is 19.6. The average Bonchev–Trinajstić information content (AvgIpc) is 2.62. The molecule has 0 spiro atoms. The summed E-state index contributed by atoms with van der Waals surface area (Å²) >= 11 is 0. The summed E-state index contributed by atoms with van der Waals surface area (Å²) in [6.45, 7) is 2.23. The molecule has 2 fully saturated rings. The zero-order valence-electron chi connectivity index (χ0n) is 17.7. The molecule has 0 saturated heterocycles. The molecule has 0 bridgehead atoms. The van der Waals surface area contributed by atoms with E-state index in [0.29, 0.717) is 24.3 Å². The molecule has 0 radical (unpaired) electrons. The highest BCUT2D eigenvalue weighted by Gasteiger charge is 2.31. The van der Waals surface area contributed by atoms with Crippen molar-refractivity contribution in [3.63, 3.8) is 0 Å². The summed E-state index contributed by atoms with van der Waals surface area (Å²) in [5, 5.41) is 0. The van der Waals surface area contributed by atoms with Gasteiger partial charge in [0.2, 0.25) is 0 Å². The predicted molar refractivity (Wildman–Crippen MR) is 96.0 cm³/mol. The molecule has 0 amide bonds. The van der Waals surface area contributed by atoms with Gasteiger partial charge in [-0.1, -0.05) is 45.1 Å². The van der Waals surface area contributed by atoms with E-state index in [1.165, 1.54) is 38.2 Å². The topological polar surface area (TPSA) is 0 Å². The molecule has 2 heteroatoms. The van der Waals surface area contributed by atoms with Crippen LogP contribution in [0.5, 0.6) is 0 Å². The Morgan fingerprint density at radius 1 is 1.00 bits per heavy atom. The van der Waals surface area contributed by atoms with Crippen LogP contribution in [0.4, 0.5) is 8.78 Å². The van der Waals surface area contributed by atoms with E-state index in [1.807, 2.05) is 0 Å². The first kappa shape index (κ1) is 14.3. The Morgan fingerprint density at radius 3 is 2.42 bits per heavy atom. The van der Waals surface area contributed by atoms with Crippen LogP contribution in [-0.4, -0.2) is 0 Å². The lowest BCUT2D eigenvalue weighted by Gasteiger charge is -2.38. The Balaban J connectivity index is 1.66. The molecule has 3 atom stereocenters. The predicted octanol–water partition coefficient (Wildman–Crippen LogP) is 7.24. The maximum atomic E-state index is 13.6. The second kappa shape index (κ2) is 8.45. The Hall–Kier alpha value is -0.920. The van der Waals surface area contributed by atoms with E-state index in [9.17, 15) is 8.78 Å². The van der Waals surface area contributed by atoms with Crippen LogP contribution in [0.2, 0.25) is 0 Å². The molecule has 2 aliphatic carbocycles. The lowest BCUT2D eigenvalue weighted by Crippen LogP contribution is -2.25. The first-order chi connectivity index (χ1) is 12.8. The first-order valence-corrected chi connectivity index (χ1v) is 9.69. The van der Waals surface area contributed by atoms with Crippen molar-refractivity contribution in [2.45, 2.75) is 83.4 Å². The lowest BCUT2D eigenvalue weighted by molar-refractivity contribution is 0.156. The minimum absolute atomic E-state index is 0.233. The largest absolute Gasteiger partial charge is 0.204 e. The zero-order valence-corrected chi connectivity index (χ0v) is 14.7. The van der Waals surface area contributed by atoms with Crippen LogP contribution >= 0.6 is 0 Å². The SMILES string of the molecule is [2H]C1C[C@H](C2CCC(CCCC)CC2)CC([2H])([2H])[C@H]1c1ccc(F)c(F)c1. The van der Waals surface area contributed by atoms with Crippen molar-refractivity contribution in [3.8, 4) is 0 Å². The van der Waals surface area contributed by atoms with Crippen LogP contribution in [0.25, 0.3) is 0 Å². The van der Waals surface area contributed by atoms with Gasteiger partial charge in [0.15, 0.2) is 11.6 Å². The third-order valence-electron chi connectivity index (χ3n) is 6.10. The van der Waals surface area contributed by atoms with E-state index in [1.54, 1.807) is 0 Å². The molecule has 0 aromatic heterocycles. The summed E-state index contributed by atoms with van der Waals surface area (Å²) < 4.78 is 52.6. The van der Waals surface area contributed by atoms with E-state index < -0.39 is 30.3 Å². The van der Waals surface area contributed by atoms with Gasteiger partial charge in [-0.2, -0.15) is 0 Å². The summed E-state index contributed by atoms with van der Waals surface area (Å²) in [6.07, 6.45) is 7.55. The van der Waals surface area contributed by atoms with Gasteiger partial charge in [0.05, 0.1) is 0 Å². The summed E-state index contributed by atoms with van der Waals surface area (Å²) in [7, 11) is 0. The molecule has 3 rings (SSSR count). The van der Waals surface area contributed by atoms with Crippen LogP contribution in [0.15, 0.2) is 18.2 Å². The van der Waals surface area contributed by atoms with Crippen molar-refractivity contribution in [1.82, 2.24) is 0 Å². The molecule has 0 nitrogen and oxygen atoms in total. The molecular weight excluding hydrogens is 302 g/mol. The van der Waals surface area contributed by atoms with Crippen LogP contribution in [0.3, 0.4) is 0 Å². The smallest absolute Gasteiger partial charge is 0.159 e. The van der Waals surface area contributed by atoms with E-state index in [4.69, 9.17) is 4.11 Å². The summed E-state index contributed by atoms with van der Waals surface area (Å²) in [5.41, 5.74) is 0.417. The lowest BCUT2D eigenvalue weighted by atomic mass is 9.68. The van der Waals surface area contributed by atoms with E-state index in [2.05, 4.69) is 6.92 Å². The molecule has 1 aromatic rings. The maximum Gasteiger partial charge on any atom is 0.159 e. The van der Waals surface area contributed by atoms with Crippen molar-refractivity contribution in [2.24, 2.45) is 17.8 Å². The Labute approximate surface area is 150 Å². The van der Waals surface area contributed by atoms with Gasteiger partial charge in [-0.3, -0.25) is 0 Å². The molecule has 0 heterocycles. The van der Waals surface area contributed by atoms with Gasteiger partial charge in [0, 0.05) is 4.11 Å². The van der Waals surface area contributed by atoms with Crippen molar-refractivity contribution < 1.29 is 12.9 Å². The monoisotopic (exact) mass is 337 g/mol. The van der Waals surface area contributed by atoms with Gasteiger partial charge in [0.25, 0.3) is 0 Å². The summed E-state index contributed by atoms with van der Waals surface area (Å²) in [4.78, 5) is 0. The van der Waals surface area contributed by atoms with Gasteiger partial charge < -0.3 is 0 Å². The van der Waals surface area contributed by atoms with Gasteiger partial charge in [0.1, 0.15) is 0 Å². The normalized spacial score (nSPS) is 38.1. The van der Waals surface area contributed by atoms with Gasteiger partial charge in [-0.05, 0) is 79.8 Å². The van der Waals surface area contributed by atoms with Crippen molar-refractivity contribution >= 4 is 0 Å². The molecule has 2 saturated carbocycles. The van der Waals surface area contributed by atoms with E-state index in [0.717, 1.165) is 30.9 Å². The first-order valence-electron chi connectivity index (χ1n) is 11.3. The third kappa shape index (κ3) is 4.37. The Bertz CT molecular complexity index is 626. The Morgan fingerprint density at radius 2 is 1.75 bits per heavy atom. The molecule has 2 aliphatic rings. The summed E-state index contributed by atoms with van der Waals surface area (Å²) in [6, 6.07) is 3.58. The number of unbranched alkanes of at least 4 members (excludes halogenated alkanes) is 1. The average molecular weight is 338 g/mol. The quantitative estimate of drug-likeness (QED) is 0.531. The van der Waals surface area contributed by atoms with Gasteiger partial charge in [-0.15, -0.1) is 0 Å². The fourth-order valence-electron chi connectivity index (χ4n) is 4.52. The Kier molecular flexibility index (Phi) is 5.02. The van der Waals surface area contributed by atoms with Crippen molar-refractivity contribution in [2.75, 3.05) is 0 Å². The number of hydrogen-bond donors (Lipinski definition) is 0. The highest BCUT2D eigenvalue weighted by molar-refractivity contribution is 5.22. The van der Waals surface area contributed by atoms with Gasteiger partial charge in [-0.25, -0.2) is 8.78 Å². The summed E-state index contributed by atoms with van der Waals surface area (Å²) in [5.74, 6) is -1.00. The standard InChI is InChI=1S/C22H32F2/c1-2-3-4-16-5-7-17(8-6-16)18-9-11-19(12-10-18)20-13-14-21(23)22(24)15-20/h13-19H,2-12H2,1H3/t16?,17?,18-,19-/i11D,12D2/t11?,16?,17?,18-,19-/m0/s1. The van der Waals surface area contributed by atoms with Crippen LogP contribution in [0.1, 0.15) is 93.1 Å². The molecule has 0 N–H and O–H groups in total. The number of benzene rings is 1. The third-order valence-corrected chi connectivity index (χ3v) is 6.10. The highest BCUT2D eigenvalue weighted by atomic mass is 19.2. The molecule has 134 valence electrons. The number of hydrogen-bond acceptors (Lipinski definition) is 0. The molecule has 1 unspecified atom stereocenters. The van der Waals surface area contributed by atoms with Crippen molar-refractivity contribution in [3.05, 3.63) is 35.4 Å². The molecule has 24 heavy (non-hydrogen) atoms. The minimum atomic E-state index is -1.56. The molecule has 0 aliphatic heterocycles. The fraction of sp³-hybridized carbons (Fsp3) is 0.727. The second-order valence-corrected chi connectivity index (χ2v) is 7.71. The van der Waals surface area contributed by atoms with Crippen LogP contribution < -0.4 is 0 Å². The van der Waals surface area contributed by atoms with E-state index in [-0.39, 0.29) is 5.92 Å². The van der Waals surface area contributed by atoms with Crippen molar-refractivity contribution in [1.29, 1.82) is 0 Å². The molecule has 1 aromatic carbocycles. The van der Waals surface area contributed by atoms with Crippen LogP contribution in [0, 0.1) is 29.4 Å². The highest BCUT2D eigenvalue weighted by Crippen LogP contribution is 2.44. The van der Waals surface area contributed by atoms with Crippen LogP contribution in [-0.2, 0) is 0 Å². The minimum Gasteiger partial charge on any atom is -0.204 e. The number of rotatable bonds is 5.